The molecule has 0 aromatic carbocycles. The summed E-state index contributed by atoms with van der Waals surface area (Å²) in [7, 11) is 1.78. The average Bonchev–Trinajstić information content (AvgIpc) is 2.47. The lowest BCUT2D eigenvalue weighted by Crippen LogP contribution is -2.36. The summed E-state index contributed by atoms with van der Waals surface area (Å²) in [5.74, 6) is 0. The zero-order chi connectivity index (χ0) is 9.97. The largest absolute Gasteiger partial charge is 0.357 e. The van der Waals surface area contributed by atoms with Crippen LogP contribution in [0.3, 0.4) is 0 Å². The fraction of sp³-hybridized carbons (Fsp3) is 0.700. The van der Waals surface area contributed by atoms with Crippen LogP contribution in [-0.2, 0) is 13.5 Å². The first-order valence-corrected chi connectivity index (χ1v) is 5.15. The highest BCUT2D eigenvalue weighted by atomic mass is 16.5. The molecule has 1 unspecified atom stereocenters. The lowest BCUT2D eigenvalue weighted by molar-refractivity contribution is 0.271. The number of aromatic nitrogens is 1. The van der Waals surface area contributed by atoms with E-state index >= 15 is 0 Å². The van der Waals surface area contributed by atoms with Gasteiger partial charge in [0, 0.05) is 25.6 Å². The van der Waals surface area contributed by atoms with E-state index in [1.165, 1.54) is 19.3 Å². The molecule has 1 aromatic heterocycles. The minimum Gasteiger partial charge on any atom is -0.337 e. The summed E-state index contributed by atoms with van der Waals surface area (Å²) in [6.07, 6.45) is 4.63. The molecule has 4 nitrogen and oxygen atoms in total. The van der Waals surface area contributed by atoms with Gasteiger partial charge in [-0.05, 0) is 19.4 Å². The summed E-state index contributed by atoms with van der Waals surface area (Å²) in [6.45, 7) is 1.09. The van der Waals surface area contributed by atoms with Gasteiger partial charge >= 0.3 is 5.63 Å². The molecule has 1 fully saturated rings. The zero-order valence-electron chi connectivity index (χ0n) is 8.45. The first kappa shape index (κ1) is 9.52. The molecule has 0 radical (unpaired) electrons. The fourth-order valence-corrected chi connectivity index (χ4v) is 1.99. The second kappa shape index (κ2) is 4.00. The van der Waals surface area contributed by atoms with Crippen molar-refractivity contribution in [3.05, 3.63) is 22.2 Å². The number of hydrogen-bond donors (Lipinski definition) is 1. The molecule has 2 heterocycles. The maximum atomic E-state index is 10.9. The summed E-state index contributed by atoms with van der Waals surface area (Å²) in [5, 5.41) is 3.45. The van der Waals surface area contributed by atoms with Gasteiger partial charge in [-0.2, -0.15) is 0 Å². The minimum absolute atomic E-state index is 0.252. The Hall–Kier alpha value is -1.03. The number of hydrogen-bond acceptors (Lipinski definition) is 3. The van der Waals surface area contributed by atoms with E-state index in [2.05, 4.69) is 5.32 Å². The Kier molecular flexibility index (Phi) is 2.72. The van der Waals surface area contributed by atoms with Crippen molar-refractivity contribution in [1.82, 2.24) is 10.1 Å². The molecular weight excluding hydrogens is 180 g/mol. The minimum atomic E-state index is -0.252. The van der Waals surface area contributed by atoms with E-state index in [-0.39, 0.29) is 5.63 Å². The van der Waals surface area contributed by atoms with Gasteiger partial charge in [-0.1, -0.05) is 6.42 Å². The van der Waals surface area contributed by atoms with Gasteiger partial charge in [0.2, 0.25) is 0 Å². The van der Waals surface area contributed by atoms with Crippen LogP contribution in [0, 0.1) is 0 Å². The molecule has 14 heavy (non-hydrogen) atoms. The third-order valence-electron chi connectivity index (χ3n) is 2.78. The lowest BCUT2D eigenvalue weighted by atomic mass is 10.0. The monoisotopic (exact) mass is 196 g/mol. The molecule has 1 aromatic rings. The predicted molar refractivity (Wildman–Crippen MR) is 53.3 cm³/mol. The molecule has 1 atom stereocenters. The summed E-state index contributed by atoms with van der Waals surface area (Å²) in [6, 6.07) is 2.09. The maximum Gasteiger partial charge on any atom is 0.357 e. The number of rotatable bonds is 2. The van der Waals surface area contributed by atoms with Crippen LogP contribution in [0.5, 0.6) is 0 Å². The molecular formula is C10H16N2O2. The van der Waals surface area contributed by atoms with Crippen molar-refractivity contribution in [2.75, 3.05) is 6.54 Å². The van der Waals surface area contributed by atoms with Crippen LogP contribution in [0.4, 0.5) is 0 Å². The van der Waals surface area contributed by atoms with Crippen LogP contribution >= 0.6 is 0 Å². The predicted octanol–water partition coefficient (Wildman–Crippen LogP) is 0.663. The second-order valence-electron chi connectivity index (χ2n) is 3.89. The van der Waals surface area contributed by atoms with E-state index in [0.29, 0.717) is 6.04 Å². The normalized spacial score (nSPS) is 22.5. The van der Waals surface area contributed by atoms with Crippen LogP contribution in [0.1, 0.15) is 25.0 Å². The average molecular weight is 196 g/mol. The number of aryl methyl sites for hydroxylation is 1. The standard InChI is InChI=1S/C10H16N2O2/c1-12-9(7-10(13)14-12)6-8-4-2-3-5-11-8/h7-8,11H,2-6H2,1H3. The fourth-order valence-electron chi connectivity index (χ4n) is 1.99. The summed E-state index contributed by atoms with van der Waals surface area (Å²) in [4.78, 5) is 10.9. The van der Waals surface area contributed by atoms with Crippen molar-refractivity contribution < 1.29 is 4.52 Å². The Morgan fingerprint density at radius 2 is 2.50 bits per heavy atom. The van der Waals surface area contributed by atoms with Crippen LogP contribution in [0.2, 0.25) is 0 Å². The van der Waals surface area contributed by atoms with Crippen molar-refractivity contribution in [2.45, 2.75) is 31.7 Å². The Balaban J connectivity index is 2.02. The first-order chi connectivity index (χ1) is 6.75. The van der Waals surface area contributed by atoms with Gasteiger partial charge < -0.3 is 9.84 Å². The summed E-state index contributed by atoms with van der Waals surface area (Å²) < 4.78 is 6.46. The SMILES string of the molecule is Cn1oc(=O)cc1CC1CCCCN1. The van der Waals surface area contributed by atoms with E-state index in [1.807, 2.05) is 0 Å². The van der Waals surface area contributed by atoms with Crippen LogP contribution in [-0.4, -0.2) is 17.3 Å². The number of piperidine rings is 1. The lowest BCUT2D eigenvalue weighted by Gasteiger charge is -2.22. The van der Waals surface area contributed by atoms with Gasteiger partial charge in [0.1, 0.15) is 0 Å². The number of nitrogens with zero attached hydrogens (tertiary/aromatic N) is 1. The molecule has 0 aliphatic carbocycles. The van der Waals surface area contributed by atoms with E-state index < -0.39 is 0 Å². The highest BCUT2D eigenvalue weighted by Crippen LogP contribution is 2.11. The third-order valence-corrected chi connectivity index (χ3v) is 2.78. The Bertz CT molecular complexity index is 347. The van der Waals surface area contributed by atoms with Crippen molar-refractivity contribution in [1.29, 1.82) is 0 Å². The van der Waals surface area contributed by atoms with Crippen molar-refractivity contribution in [3.8, 4) is 0 Å². The molecule has 2 rings (SSSR count). The second-order valence-corrected chi connectivity index (χ2v) is 3.89. The van der Waals surface area contributed by atoms with E-state index in [9.17, 15) is 4.79 Å². The van der Waals surface area contributed by atoms with Crippen molar-refractivity contribution >= 4 is 0 Å². The molecule has 4 heteroatoms. The third kappa shape index (κ3) is 2.07. The molecule has 1 saturated heterocycles. The van der Waals surface area contributed by atoms with Gasteiger partial charge in [-0.25, -0.2) is 9.53 Å². The first-order valence-electron chi connectivity index (χ1n) is 5.15. The molecule has 0 amide bonds. The Morgan fingerprint density at radius 3 is 3.07 bits per heavy atom. The molecule has 0 bridgehead atoms. The zero-order valence-corrected chi connectivity index (χ0v) is 8.45. The Labute approximate surface area is 82.9 Å². The molecule has 1 aliphatic heterocycles. The van der Waals surface area contributed by atoms with E-state index in [0.717, 1.165) is 18.7 Å². The van der Waals surface area contributed by atoms with E-state index in [4.69, 9.17) is 4.52 Å². The maximum absolute atomic E-state index is 10.9. The van der Waals surface area contributed by atoms with Crippen molar-refractivity contribution in [2.24, 2.45) is 7.05 Å². The molecule has 78 valence electrons. The van der Waals surface area contributed by atoms with Gasteiger partial charge in [0.15, 0.2) is 0 Å². The summed E-state index contributed by atoms with van der Waals surface area (Å²) in [5.41, 5.74) is 0.729. The van der Waals surface area contributed by atoms with E-state index in [1.54, 1.807) is 17.9 Å². The van der Waals surface area contributed by atoms with Crippen molar-refractivity contribution in [3.63, 3.8) is 0 Å². The van der Waals surface area contributed by atoms with Crippen LogP contribution < -0.4 is 10.9 Å². The Morgan fingerprint density at radius 1 is 1.64 bits per heavy atom. The molecule has 1 N–H and O–H groups in total. The smallest absolute Gasteiger partial charge is 0.337 e. The van der Waals surface area contributed by atoms with Gasteiger partial charge in [-0.3, -0.25) is 0 Å². The van der Waals surface area contributed by atoms with Crippen LogP contribution in [0.15, 0.2) is 15.4 Å². The van der Waals surface area contributed by atoms with Gasteiger partial charge in [0.25, 0.3) is 0 Å². The number of nitrogens with one attached hydrogen (secondary N) is 1. The molecule has 0 spiro atoms. The molecule has 1 aliphatic rings. The highest BCUT2D eigenvalue weighted by Gasteiger charge is 2.15. The van der Waals surface area contributed by atoms with Crippen LogP contribution in [0.25, 0.3) is 0 Å². The highest BCUT2D eigenvalue weighted by molar-refractivity contribution is 5.01. The van der Waals surface area contributed by atoms with Gasteiger partial charge in [-0.15, -0.1) is 0 Å². The topological polar surface area (TPSA) is 47.2 Å². The summed E-state index contributed by atoms with van der Waals surface area (Å²) >= 11 is 0. The van der Waals surface area contributed by atoms with Gasteiger partial charge in [0.05, 0.1) is 5.69 Å². The molecule has 0 saturated carbocycles. The quantitative estimate of drug-likeness (QED) is 0.756.